The van der Waals surface area contributed by atoms with Crippen LogP contribution in [0.5, 0.6) is 5.75 Å². The lowest BCUT2D eigenvalue weighted by molar-refractivity contribution is -0.123. The fraction of sp³-hybridized carbons (Fsp3) is 0.400. The van der Waals surface area contributed by atoms with Gasteiger partial charge in [-0.2, -0.15) is 0 Å². The van der Waals surface area contributed by atoms with Crippen molar-refractivity contribution < 1.29 is 18.7 Å². The third-order valence-electron chi connectivity index (χ3n) is 6.32. The van der Waals surface area contributed by atoms with Crippen LogP contribution in [0, 0.1) is 0 Å². The predicted octanol–water partition coefficient (Wildman–Crippen LogP) is 4.13. The van der Waals surface area contributed by atoms with Crippen molar-refractivity contribution in [1.82, 2.24) is 9.88 Å². The van der Waals surface area contributed by atoms with Gasteiger partial charge in [-0.3, -0.25) is 14.5 Å². The molecule has 0 unspecified atom stereocenters. The number of hydrogen-bond donors (Lipinski definition) is 0. The van der Waals surface area contributed by atoms with Crippen LogP contribution >= 0.6 is 0 Å². The third kappa shape index (κ3) is 3.88. The van der Waals surface area contributed by atoms with E-state index in [0.29, 0.717) is 12.3 Å². The molecule has 166 valence electrons. The molecule has 7 heteroatoms. The number of aromatic nitrogens is 1. The minimum atomic E-state index is -0.400. The van der Waals surface area contributed by atoms with Gasteiger partial charge in [0.15, 0.2) is 11.5 Å². The van der Waals surface area contributed by atoms with E-state index in [1.807, 2.05) is 43.3 Å². The number of para-hydroxylation sites is 2. The molecular weight excluding hydrogens is 406 g/mol. The van der Waals surface area contributed by atoms with E-state index in [4.69, 9.17) is 9.15 Å². The number of benzene rings is 2. The standard InChI is InChI=1S/C25H27N3O4/c1-2-15-31-19-9-7-18(8-10-19)28-23(29)16-21(25(28)30)27-13-11-17(12-14-27)24-26-20-5-3-4-6-22(20)32-24/h3-10,17,21H,2,11-16H2,1H3/t21-/m1/s1. The van der Waals surface area contributed by atoms with Crippen molar-refractivity contribution >= 4 is 28.6 Å². The number of piperidine rings is 1. The lowest BCUT2D eigenvalue weighted by Gasteiger charge is -2.33. The van der Waals surface area contributed by atoms with Gasteiger partial charge < -0.3 is 9.15 Å². The highest BCUT2D eigenvalue weighted by Gasteiger charge is 2.43. The Labute approximate surface area is 187 Å². The number of hydrogen-bond acceptors (Lipinski definition) is 6. The fourth-order valence-corrected chi connectivity index (χ4v) is 4.61. The van der Waals surface area contributed by atoms with E-state index in [1.54, 1.807) is 12.1 Å². The van der Waals surface area contributed by atoms with Crippen molar-refractivity contribution in [3.8, 4) is 5.75 Å². The van der Waals surface area contributed by atoms with Crippen LogP contribution in [0.15, 0.2) is 52.9 Å². The molecule has 32 heavy (non-hydrogen) atoms. The Hall–Kier alpha value is -3.19. The Balaban J connectivity index is 1.23. The van der Waals surface area contributed by atoms with Crippen molar-refractivity contribution in [1.29, 1.82) is 0 Å². The summed E-state index contributed by atoms with van der Waals surface area (Å²) in [5, 5.41) is 0. The largest absolute Gasteiger partial charge is 0.494 e. The molecule has 0 spiro atoms. The van der Waals surface area contributed by atoms with Gasteiger partial charge in [0.2, 0.25) is 5.91 Å². The molecule has 0 saturated carbocycles. The molecule has 1 aromatic heterocycles. The zero-order valence-corrected chi connectivity index (χ0v) is 18.2. The number of amides is 2. The molecule has 2 fully saturated rings. The van der Waals surface area contributed by atoms with Crippen LogP contribution < -0.4 is 9.64 Å². The normalized spacial score (nSPS) is 20.4. The van der Waals surface area contributed by atoms with Gasteiger partial charge in [0.05, 0.1) is 24.8 Å². The lowest BCUT2D eigenvalue weighted by Crippen LogP contribution is -2.45. The molecule has 5 rings (SSSR count). The zero-order chi connectivity index (χ0) is 22.1. The average Bonchev–Trinajstić information content (AvgIpc) is 3.39. The summed E-state index contributed by atoms with van der Waals surface area (Å²) in [5.41, 5.74) is 2.29. The lowest BCUT2D eigenvalue weighted by atomic mass is 9.95. The summed E-state index contributed by atoms with van der Waals surface area (Å²) in [4.78, 5) is 33.9. The van der Waals surface area contributed by atoms with E-state index < -0.39 is 6.04 Å². The molecule has 3 heterocycles. The number of likely N-dealkylation sites (tertiary alicyclic amines) is 1. The number of oxazole rings is 1. The van der Waals surface area contributed by atoms with Crippen LogP contribution in [0.3, 0.4) is 0 Å². The van der Waals surface area contributed by atoms with E-state index in [9.17, 15) is 9.59 Å². The highest BCUT2D eigenvalue weighted by molar-refractivity contribution is 6.22. The number of carbonyl (C=O) groups is 2. The maximum atomic E-state index is 13.1. The first kappa shape index (κ1) is 20.7. The Morgan fingerprint density at radius 1 is 1.06 bits per heavy atom. The van der Waals surface area contributed by atoms with Crippen LogP contribution in [0.25, 0.3) is 11.1 Å². The number of imide groups is 1. The molecule has 2 aliphatic heterocycles. The minimum absolute atomic E-state index is 0.141. The van der Waals surface area contributed by atoms with E-state index >= 15 is 0 Å². The van der Waals surface area contributed by atoms with Crippen molar-refractivity contribution in [3.63, 3.8) is 0 Å². The first-order chi connectivity index (χ1) is 15.6. The molecule has 2 aliphatic rings. The Morgan fingerprint density at radius 3 is 2.53 bits per heavy atom. The maximum absolute atomic E-state index is 13.1. The van der Waals surface area contributed by atoms with E-state index in [0.717, 1.165) is 55.1 Å². The maximum Gasteiger partial charge on any atom is 0.251 e. The summed E-state index contributed by atoms with van der Waals surface area (Å²) in [6.07, 6.45) is 2.86. The van der Waals surface area contributed by atoms with E-state index in [2.05, 4.69) is 9.88 Å². The second-order valence-corrected chi connectivity index (χ2v) is 8.46. The molecule has 3 aromatic rings. The number of rotatable bonds is 6. The molecule has 2 aromatic carbocycles. The number of nitrogens with zero attached hydrogens (tertiary/aromatic N) is 3. The van der Waals surface area contributed by atoms with Crippen LogP contribution in [-0.2, 0) is 9.59 Å². The summed E-state index contributed by atoms with van der Waals surface area (Å²) in [5.74, 6) is 1.46. The topological polar surface area (TPSA) is 75.9 Å². The molecule has 0 aliphatic carbocycles. The summed E-state index contributed by atoms with van der Waals surface area (Å²) < 4.78 is 11.5. The Kier molecular flexibility index (Phi) is 5.66. The Morgan fingerprint density at radius 2 is 1.81 bits per heavy atom. The molecule has 1 atom stereocenters. The zero-order valence-electron chi connectivity index (χ0n) is 18.2. The molecule has 2 saturated heterocycles. The first-order valence-corrected chi connectivity index (χ1v) is 11.3. The number of anilines is 1. The fourth-order valence-electron chi connectivity index (χ4n) is 4.61. The third-order valence-corrected chi connectivity index (χ3v) is 6.32. The summed E-state index contributed by atoms with van der Waals surface area (Å²) >= 11 is 0. The van der Waals surface area contributed by atoms with E-state index in [-0.39, 0.29) is 24.2 Å². The smallest absolute Gasteiger partial charge is 0.251 e. The predicted molar refractivity (Wildman–Crippen MR) is 121 cm³/mol. The number of ether oxygens (including phenoxy) is 1. The highest BCUT2D eigenvalue weighted by atomic mass is 16.5. The molecule has 0 radical (unpaired) electrons. The quantitative estimate of drug-likeness (QED) is 0.544. The second-order valence-electron chi connectivity index (χ2n) is 8.46. The second kappa shape index (κ2) is 8.74. The van der Waals surface area contributed by atoms with Gasteiger partial charge in [0.1, 0.15) is 11.3 Å². The summed E-state index contributed by atoms with van der Waals surface area (Å²) in [6.45, 7) is 4.17. The van der Waals surface area contributed by atoms with Gasteiger partial charge >= 0.3 is 0 Å². The summed E-state index contributed by atoms with van der Waals surface area (Å²) in [7, 11) is 0. The van der Waals surface area contributed by atoms with E-state index in [1.165, 1.54) is 4.90 Å². The van der Waals surface area contributed by atoms with Gasteiger partial charge in [-0.1, -0.05) is 19.1 Å². The van der Waals surface area contributed by atoms with Gasteiger partial charge in [0.25, 0.3) is 5.91 Å². The molecule has 0 bridgehead atoms. The van der Waals surface area contributed by atoms with Crippen molar-refractivity contribution in [2.45, 2.75) is 44.6 Å². The van der Waals surface area contributed by atoms with Crippen LogP contribution in [-0.4, -0.2) is 47.4 Å². The van der Waals surface area contributed by atoms with Crippen molar-refractivity contribution in [3.05, 3.63) is 54.4 Å². The van der Waals surface area contributed by atoms with Crippen molar-refractivity contribution in [2.75, 3.05) is 24.6 Å². The van der Waals surface area contributed by atoms with Crippen LogP contribution in [0.4, 0.5) is 5.69 Å². The number of carbonyl (C=O) groups excluding carboxylic acids is 2. The SMILES string of the molecule is CCCOc1ccc(N2C(=O)C[C@@H](N3CCC(c4nc5ccccc5o4)CC3)C2=O)cc1. The number of fused-ring (bicyclic) bond motifs is 1. The summed E-state index contributed by atoms with van der Waals surface area (Å²) in [6, 6.07) is 14.6. The molecular formula is C25H27N3O4. The first-order valence-electron chi connectivity index (χ1n) is 11.3. The minimum Gasteiger partial charge on any atom is -0.494 e. The molecule has 2 amide bonds. The monoisotopic (exact) mass is 433 g/mol. The van der Waals surface area contributed by atoms with Gasteiger partial charge in [-0.15, -0.1) is 0 Å². The van der Waals surface area contributed by atoms with Crippen LogP contribution in [0.2, 0.25) is 0 Å². The van der Waals surface area contributed by atoms with Gasteiger partial charge in [0, 0.05) is 5.92 Å². The molecule has 0 N–H and O–H groups in total. The Bertz CT molecular complexity index is 1080. The van der Waals surface area contributed by atoms with Crippen molar-refractivity contribution in [2.24, 2.45) is 0 Å². The highest BCUT2D eigenvalue weighted by Crippen LogP contribution is 2.33. The molecule has 7 nitrogen and oxygen atoms in total. The van der Waals surface area contributed by atoms with Crippen LogP contribution in [0.1, 0.15) is 44.4 Å². The van der Waals surface area contributed by atoms with Gasteiger partial charge in [-0.25, -0.2) is 9.88 Å². The average molecular weight is 434 g/mol. The van der Waals surface area contributed by atoms with Gasteiger partial charge in [-0.05, 0) is 68.8 Å².